The Labute approximate surface area is 109 Å². The van der Waals surface area contributed by atoms with Gasteiger partial charge in [0.25, 0.3) is 0 Å². The molecular formula is C12H12N6O. The number of pyridine rings is 1. The predicted octanol–water partition coefficient (Wildman–Crippen LogP) is 1.37. The molecule has 0 amide bonds. The molecule has 7 heteroatoms. The lowest BCUT2D eigenvalue weighted by Crippen LogP contribution is -2.05. The van der Waals surface area contributed by atoms with E-state index in [4.69, 9.17) is 4.74 Å². The zero-order valence-electron chi connectivity index (χ0n) is 10.3. The molecule has 3 heterocycles. The van der Waals surface area contributed by atoms with Crippen molar-refractivity contribution in [3.05, 3.63) is 36.5 Å². The van der Waals surface area contributed by atoms with Gasteiger partial charge in [-0.2, -0.15) is 0 Å². The minimum atomic E-state index is 0.558. The number of fused-ring (bicyclic) bond motifs is 1. The second kappa shape index (κ2) is 4.89. The number of nitrogens with one attached hydrogen (secondary N) is 2. The van der Waals surface area contributed by atoms with Crippen molar-refractivity contribution >= 4 is 17.0 Å². The Hall–Kier alpha value is -2.70. The summed E-state index contributed by atoms with van der Waals surface area (Å²) < 4.78 is 5.20. The van der Waals surface area contributed by atoms with Crippen molar-refractivity contribution in [1.82, 2.24) is 24.9 Å². The van der Waals surface area contributed by atoms with Gasteiger partial charge in [-0.15, -0.1) is 0 Å². The lowest BCUT2D eigenvalue weighted by molar-refractivity contribution is 0.393. The van der Waals surface area contributed by atoms with Crippen molar-refractivity contribution in [3.63, 3.8) is 0 Å². The highest BCUT2D eigenvalue weighted by molar-refractivity contribution is 5.81. The van der Waals surface area contributed by atoms with E-state index >= 15 is 0 Å². The normalized spacial score (nSPS) is 10.6. The van der Waals surface area contributed by atoms with E-state index in [1.165, 1.54) is 6.33 Å². The summed E-state index contributed by atoms with van der Waals surface area (Å²) in [5, 5.41) is 3.22. The monoisotopic (exact) mass is 256 g/mol. The molecule has 0 fully saturated rings. The van der Waals surface area contributed by atoms with Crippen molar-refractivity contribution in [2.24, 2.45) is 0 Å². The second-order valence-corrected chi connectivity index (χ2v) is 3.85. The predicted molar refractivity (Wildman–Crippen MR) is 69.8 cm³/mol. The molecule has 0 aromatic carbocycles. The van der Waals surface area contributed by atoms with Gasteiger partial charge in [-0.25, -0.2) is 19.9 Å². The van der Waals surface area contributed by atoms with Gasteiger partial charge in [-0.1, -0.05) is 6.07 Å². The summed E-state index contributed by atoms with van der Waals surface area (Å²) in [5.74, 6) is 1.30. The third kappa shape index (κ3) is 2.17. The van der Waals surface area contributed by atoms with Crippen LogP contribution in [0.4, 0.5) is 5.82 Å². The van der Waals surface area contributed by atoms with Crippen molar-refractivity contribution in [1.29, 1.82) is 0 Å². The van der Waals surface area contributed by atoms with Crippen LogP contribution in [-0.2, 0) is 6.54 Å². The standard InChI is InChI=1S/C12H12N6O/c1-19-12-8(3-2-4-13-12)5-14-10-9-11(16-6-15-9)18-7-17-10/h2-4,6-7H,5H2,1H3,(H2,14,15,16,17,18). The number of aromatic nitrogens is 5. The average Bonchev–Trinajstić information content (AvgIpc) is 2.94. The van der Waals surface area contributed by atoms with Gasteiger partial charge >= 0.3 is 0 Å². The molecule has 0 bridgehead atoms. The maximum Gasteiger partial charge on any atom is 0.218 e. The Morgan fingerprint density at radius 3 is 3.11 bits per heavy atom. The van der Waals surface area contributed by atoms with E-state index in [1.54, 1.807) is 19.6 Å². The highest BCUT2D eigenvalue weighted by atomic mass is 16.5. The quantitative estimate of drug-likeness (QED) is 0.733. The molecule has 0 atom stereocenters. The molecule has 0 saturated heterocycles. The first-order valence-electron chi connectivity index (χ1n) is 5.74. The van der Waals surface area contributed by atoms with E-state index in [-0.39, 0.29) is 0 Å². The van der Waals surface area contributed by atoms with Gasteiger partial charge in [0.15, 0.2) is 11.5 Å². The van der Waals surface area contributed by atoms with E-state index in [1.807, 2.05) is 12.1 Å². The van der Waals surface area contributed by atoms with Crippen LogP contribution in [0.25, 0.3) is 11.2 Å². The molecule has 0 saturated carbocycles. The Balaban J connectivity index is 1.84. The van der Waals surface area contributed by atoms with Crippen LogP contribution in [0, 0.1) is 0 Å². The summed E-state index contributed by atoms with van der Waals surface area (Å²) >= 11 is 0. The number of nitrogens with zero attached hydrogens (tertiary/aromatic N) is 4. The number of ether oxygens (including phenoxy) is 1. The van der Waals surface area contributed by atoms with Crippen molar-refractivity contribution in [2.45, 2.75) is 6.54 Å². The zero-order chi connectivity index (χ0) is 13.1. The smallest absolute Gasteiger partial charge is 0.218 e. The van der Waals surface area contributed by atoms with Crippen LogP contribution in [0.1, 0.15) is 5.56 Å². The van der Waals surface area contributed by atoms with Gasteiger partial charge in [-0.3, -0.25) is 0 Å². The van der Waals surface area contributed by atoms with Gasteiger partial charge in [0.2, 0.25) is 5.88 Å². The van der Waals surface area contributed by atoms with Crippen molar-refractivity contribution < 1.29 is 4.74 Å². The van der Waals surface area contributed by atoms with E-state index in [2.05, 4.69) is 30.2 Å². The summed E-state index contributed by atoms with van der Waals surface area (Å²) in [7, 11) is 1.60. The highest BCUT2D eigenvalue weighted by Crippen LogP contribution is 2.18. The first-order valence-corrected chi connectivity index (χ1v) is 5.74. The van der Waals surface area contributed by atoms with Gasteiger partial charge in [0, 0.05) is 18.3 Å². The number of hydrogen-bond donors (Lipinski definition) is 2. The topological polar surface area (TPSA) is 88.6 Å². The number of H-pyrrole nitrogens is 1. The molecule has 3 aromatic rings. The molecule has 0 unspecified atom stereocenters. The van der Waals surface area contributed by atoms with Crippen molar-refractivity contribution in [2.75, 3.05) is 12.4 Å². The van der Waals surface area contributed by atoms with Crippen LogP contribution in [0.3, 0.4) is 0 Å². The summed E-state index contributed by atoms with van der Waals surface area (Å²) in [6.45, 7) is 0.558. The number of methoxy groups -OCH3 is 1. The van der Waals surface area contributed by atoms with E-state index in [0.717, 1.165) is 11.1 Å². The summed E-state index contributed by atoms with van der Waals surface area (Å²) in [5.41, 5.74) is 2.37. The van der Waals surface area contributed by atoms with Crippen LogP contribution in [0.15, 0.2) is 31.0 Å². The van der Waals surface area contributed by atoms with E-state index in [0.29, 0.717) is 23.9 Å². The van der Waals surface area contributed by atoms with Crippen LogP contribution in [0.5, 0.6) is 5.88 Å². The lowest BCUT2D eigenvalue weighted by Gasteiger charge is -2.08. The number of aromatic amines is 1. The number of anilines is 1. The third-order valence-electron chi connectivity index (χ3n) is 2.71. The van der Waals surface area contributed by atoms with Crippen LogP contribution < -0.4 is 10.1 Å². The SMILES string of the molecule is COc1ncccc1CNc1ncnc2nc[nH]c12. The molecule has 19 heavy (non-hydrogen) atoms. The maximum atomic E-state index is 5.20. The van der Waals surface area contributed by atoms with Crippen LogP contribution in [-0.4, -0.2) is 32.0 Å². The Bertz CT molecular complexity index is 695. The number of hydrogen-bond acceptors (Lipinski definition) is 6. The third-order valence-corrected chi connectivity index (χ3v) is 2.71. The number of rotatable bonds is 4. The fourth-order valence-corrected chi connectivity index (χ4v) is 1.82. The minimum absolute atomic E-state index is 0.558. The summed E-state index contributed by atoms with van der Waals surface area (Å²) in [4.78, 5) is 19.5. The molecule has 2 N–H and O–H groups in total. The van der Waals surface area contributed by atoms with Gasteiger partial charge < -0.3 is 15.0 Å². The molecule has 0 radical (unpaired) electrons. The molecule has 0 aliphatic carbocycles. The maximum absolute atomic E-state index is 5.20. The molecular weight excluding hydrogens is 244 g/mol. The first kappa shape index (κ1) is 11.4. The van der Waals surface area contributed by atoms with E-state index < -0.39 is 0 Å². The van der Waals surface area contributed by atoms with E-state index in [9.17, 15) is 0 Å². The molecule has 0 spiro atoms. The lowest BCUT2D eigenvalue weighted by atomic mass is 10.2. The van der Waals surface area contributed by atoms with Crippen LogP contribution >= 0.6 is 0 Å². The molecule has 0 aliphatic rings. The summed E-state index contributed by atoms with van der Waals surface area (Å²) in [6.07, 6.45) is 4.77. The van der Waals surface area contributed by atoms with Gasteiger partial charge in [-0.05, 0) is 6.07 Å². The molecule has 7 nitrogen and oxygen atoms in total. The second-order valence-electron chi connectivity index (χ2n) is 3.85. The molecule has 0 aliphatic heterocycles. The van der Waals surface area contributed by atoms with Gasteiger partial charge in [0.1, 0.15) is 11.8 Å². The fourth-order valence-electron chi connectivity index (χ4n) is 1.82. The largest absolute Gasteiger partial charge is 0.481 e. The number of imidazole rings is 1. The minimum Gasteiger partial charge on any atom is -0.481 e. The fraction of sp³-hybridized carbons (Fsp3) is 0.167. The first-order chi connectivity index (χ1) is 9.38. The van der Waals surface area contributed by atoms with Crippen molar-refractivity contribution in [3.8, 4) is 5.88 Å². The average molecular weight is 256 g/mol. The molecule has 3 aromatic heterocycles. The Kier molecular flexibility index (Phi) is 2.93. The summed E-state index contributed by atoms with van der Waals surface area (Å²) in [6, 6.07) is 3.81. The Morgan fingerprint density at radius 2 is 2.21 bits per heavy atom. The zero-order valence-corrected chi connectivity index (χ0v) is 10.3. The Morgan fingerprint density at radius 1 is 1.26 bits per heavy atom. The molecule has 3 rings (SSSR count). The highest BCUT2D eigenvalue weighted by Gasteiger charge is 2.07. The van der Waals surface area contributed by atoms with Gasteiger partial charge in [0.05, 0.1) is 13.4 Å². The molecule has 96 valence electrons. The van der Waals surface area contributed by atoms with Crippen LogP contribution in [0.2, 0.25) is 0 Å².